The molecule has 2 aromatic carbocycles. The molecule has 2 aromatic rings. The number of thioether (sulfide) groups is 1. The highest BCUT2D eigenvalue weighted by Gasteiger charge is 2.27. The third kappa shape index (κ3) is 3.49. The van der Waals surface area contributed by atoms with Crippen LogP contribution in [0.1, 0.15) is 30.0 Å². The van der Waals surface area contributed by atoms with Gasteiger partial charge in [-0.1, -0.05) is 11.6 Å². The minimum atomic E-state index is -3.68. The Bertz CT molecular complexity index is 992. The van der Waals surface area contributed by atoms with Gasteiger partial charge >= 0.3 is 0 Å². The van der Waals surface area contributed by atoms with Crippen molar-refractivity contribution in [1.29, 1.82) is 0 Å². The van der Waals surface area contributed by atoms with Crippen LogP contribution in [-0.4, -0.2) is 20.1 Å². The Labute approximate surface area is 161 Å². The molecular weight excluding hydrogens is 392 g/mol. The number of carbonyl (C=O) groups excluding carboxylic acids is 1. The number of sulfonamides is 1. The summed E-state index contributed by atoms with van der Waals surface area (Å²) in [7, 11) is -3.68. The number of aryl methyl sites for hydroxylation is 1. The number of hydrogen-bond acceptors (Lipinski definition) is 4. The van der Waals surface area contributed by atoms with Crippen LogP contribution >= 0.6 is 23.4 Å². The maximum Gasteiger partial charge on any atom is 0.241 e. The molecule has 4 rings (SSSR count). The summed E-state index contributed by atoms with van der Waals surface area (Å²) in [6.07, 6.45) is 1.62. The summed E-state index contributed by atoms with van der Waals surface area (Å²) in [6, 6.07) is 10.1. The van der Waals surface area contributed by atoms with Crippen molar-refractivity contribution in [2.24, 2.45) is 0 Å². The Morgan fingerprint density at radius 2 is 2.00 bits per heavy atom. The number of halogens is 1. The molecule has 0 unspecified atom stereocenters. The van der Waals surface area contributed by atoms with Crippen molar-refractivity contribution in [1.82, 2.24) is 4.72 Å². The monoisotopic (exact) mass is 408 g/mol. The fourth-order valence-electron chi connectivity index (χ4n) is 3.27. The molecule has 1 atom stereocenters. The van der Waals surface area contributed by atoms with E-state index in [1.54, 1.807) is 23.9 Å². The average molecular weight is 409 g/mol. The zero-order valence-electron chi connectivity index (χ0n) is 13.8. The lowest BCUT2D eigenvalue weighted by atomic mass is 10.0. The van der Waals surface area contributed by atoms with E-state index in [2.05, 4.69) is 10.0 Å². The van der Waals surface area contributed by atoms with Crippen LogP contribution in [-0.2, 0) is 21.2 Å². The van der Waals surface area contributed by atoms with Crippen LogP contribution in [0, 0.1) is 0 Å². The van der Waals surface area contributed by atoms with Crippen LogP contribution in [0.3, 0.4) is 0 Å². The summed E-state index contributed by atoms with van der Waals surface area (Å²) in [4.78, 5) is 12.7. The predicted molar refractivity (Wildman–Crippen MR) is 103 cm³/mol. The normalized spacial score (nSPS) is 19.4. The Morgan fingerprint density at radius 3 is 2.85 bits per heavy atom. The van der Waals surface area contributed by atoms with Crippen LogP contribution < -0.4 is 10.0 Å². The van der Waals surface area contributed by atoms with Crippen molar-refractivity contribution in [2.45, 2.75) is 35.1 Å². The molecule has 2 N–H and O–H groups in total. The van der Waals surface area contributed by atoms with Gasteiger partial charge in [0, 0.05) is 28.1 Å². The SMILES string of the molecule is O=C1CCc2cc(S(=O)(=O)N[C@@H]3CCSc4ccc(Cl)cc43)ccc2N1. The molecule has 0 spiro atoms. The molecule has 0 radical (unpaired) electrons. The first-order chi connectivity index (χ1) is 12.4. The van der Waals surface area contributed by atoms with E-state index in [1.165, 1.54) is 6.07 Å². The fraction of sp³-hybridized carbons (Fsp3) is 0.278. The van der Waals surface area contributed by atoms with Crippen LogP contribution in [0.15, 0.2) is 46.2 Å². The minimum absolute atomic E-state index is 0.0422. The molecule has 0 fully saturated rings. The van der Waals surface area contributed by atoms with Crippen LogP contribution in [0.2, 0.25) is 5.02 Å². The standard InChI is InChI=1S/C18H17ClN2O3S2/c19-12-2-5-17-14(10-12)16(7-8-25-17)21-26(23,24)13-3-4-15-11(9-13)1-6-18(22)20-15/h2-5,9-10,16,21H,1,6-8H2,(H,20,22)/t16-/m1/s1. The van der Waals surface area contributed by atoms with Gasteiger partial charge in [0.05, 0.1) is 4.90 Å². The molecule has 0 bridgehead atoms. The van der Waals surface area contributed by atoms with E-state index in [9.17, 15) is 13.2 Å². The van der Waals surface area contributed by atoms with Gasteiger partial charge in [-0.15, -0.1) is 11.8 Å². The second-order valence-electron chi connectivity index (χ2n) is 6.36. The van der Waals surface area contributed by atoms with Gasteiger partial charge in [0.2, 0.25) is 15.9 Å². The summed E-state index contributed by atoms with van der Waals surface area (Å²) < 4.78 is 28.6. The molecule has 2 aliphatic rings. The first-order valence-electron chi connectivity index (χ1n) is 8.30. The van der Waals surface area contributed by atoms with E-state index in [0.29, 0.717) is 30.0 Å². The second kappa shape index (κ2) is 6.88. The average Bonchev–Trinajstić information content (AvgIpc) is 2.61. The van der Waals surface area contributed by atoms with Crippen molar-refractivity contribution < 1.29 is 13.2 Å². The van der Waals surface area contributed by atoms with E-state index < -0.39 is 10.0 Å². The quantitative estimate of drug-likeness (QED) is 0.811. The van der Waals surface area contributed by atoms with Gasteiger partial charge in [-0.25, -0.2) is 13.1 Å². The topological polar surface area (TPSA) is 75.3 Å². The first-order valence-corrected chi connectivity index (χ1v) is 11.1. The molecule has 0 aromatic heterocycles. The van der Waals surface area contributed by atoms with Gasteiger partial charge in [0.25, 0.3) is 0 Å². The molecule has 0 saturated heterocycles. The van der Waals surface area contributed by atoms with Gasteiger partial charge in [-0.2, -0.15) is 0 Å². The number of nitrogens with one attached hydrogen (secondary N) is 2. The van der Waals surface area contributed by atoms with E-state index in [0.717, 1.165) is 21.8 Å². The summed E-state index contributed by atoms with van der Waals surface area (Å²) in [5, 5.41) is 3.36. The third-order valence-corrected chi connectivity index (χ3v) is 7.42. The number of rotatable bonds is 3. The van der Waals surface area contributed by atoms with Crippen LogP contribution in [0.5, 0.6) is 0 Å². The predicted octanol–water partition coefficient (Wildman–Crippen LogP) is 3.74. The summed E-state index contributed by atoms with van der Waals surface area (Å²) >= 11 is 7.81. The van der Waals surface area contributed by atoms with Crippen molar-refractivity contribution in [3.05, 3.63) is 52.5 Å². The van der Waals surface area contributed by atoms with E-state index in [-0.39, 0.29) is 16.8 Å². The van der Waals surface area contributed by atoms with E-state index in [1.807, 2.05) is 18.2 Å². The molecule has 26 heavy (non-hydrogen) atoms. The molecule has 8 heteroatoms. The van der Waals surface area contributed by atoms with Gasteiger partial charge in [-0.05, 0) is 66.1 Å². The maximum absolute atomic E-state index is 12.9. The third-order valence-electron chi connectivity index (χ3n) is 4.59. The molecule has 2 aliphatic heterocycles. The summed E-state index contributed by atoms with van der Waals surface area (Å²) in [5.41, 5.74) is 2.45. The smallest absolute Gasteiger partial charge is 0.241 e. The summed E-state index contributed by atoms with van der Waals surface area (Å²) in [5.74, 6) is 0.803. The number of fused-ring (bicyclic) bond motifs is 2. The Balaban J connectivity index is 1.63. The lowest BCUT2D eigenvalue weighted by Gasteiger charge is -2.26. The number of amides is 1. The molecule has 0 saturated carbocycles. The molecule has 5 nitrogen and oxygen atoms in total. The number of hydrogen-bond donors (Lipinski definition) is 2. The van der Waals surface area contributed by atoms with Crippen molar-refractivity contribution in [3.8, 4) is 0 Å². The number of anilines is 1. The van der Waals surface area contributed by atoms with Crippen LogP contribution in [0.25, 0.3) is 0 Å². The lowest BCUT2D eigenvalue weighted by molar-refractivity contribution is -0.116. The minimum Gasteiger partial charge on any atom is -0.326 e. The highest BCUT2D eigenvalue weighted by Crippen LogP contribution is 2.38. The highest BCUT2D eigenvalue weighted by atomic mass is 35.5. The van der Waals surface area contributed by atoms with E-state index >= 15 is 0 Å². The molecule has 136 valence electrons. The lowest BCUT2D eigenvalue weighted by Crippen LogP contribution is -2.31. The van der Waals surface area contributed by atoms with Crippen molar-refractivity contribution in [3.63, 3.8) is 0 Å². The summed E-state index contributed by atoms with van der Waals surface area (Å²) in [6.45, 7) is 0. The molecule has 1 amide bonds. The Kier molecular flexibility index (Phi) is 4.73. The fourth-order valence-corrected chi connectivity index (χ4v) is 5.86. The highest BCUT2D eigenvalue weighted by molar-refractivity contribution is 7.99. The van der Waals surface area contributed by atoms with Gasteiger partial charge in [0.15, 0.2) is 0 Å². The van der Waals surface area contributed by atoms with E-state index in [4.69, 9.17) is 11.6 Å². The van der Waals surface area contributed by atoms with Gasteiger partial charge in [0.1, 0.15) is 0 Å². The van der Waals surface area contributed by atoms with Gasteiger partial charge in [-0.3, -0.25) is 4.79 Å². The second-order valence-corrected chi connectivity index (χ2v) is 9.65. The zero-order chi connectivity index (χ0) is 18.3. The van der Waals surface area contributed by atoms with Crippen molar-refractivity contribution in [2.75, 3.05) is 11.1 Å². The van der Waals surface area contributed by atoms with Crippen LogP contribution in [0.4, 0.5) is 5.69 Å². The largest absolute Gasteiger partial charge is 0.326 e. The molecular formula is C18H17ClN2O3S2. The molecule has 0 aliphatic carbocycles. The number of benzene rings is 2. The Morgan fingerprint density at radius 1 is 1.15 bits per heavy atom. The number of carbonyl (C=O) groups is 1. The zero-order valence-corrected chi connectivity index (χ0v) is 16.2. The van der Waals surface area contributed by atoms with Gasteiger partial charge < -0.3 is 5.32 Å². The first kappa shape index (κ1) is 17.9. The van der Waals surface area contributed by atoms with Crippen molar-refractivity contribution >= 4 is 45.0 Å². The molecule has 2 heterocycles. The Hall–Kier alpha value is -1.54. The maximum atomic E-state index is 12.9.